The van der Waals surface area contributed by atoms with Gasteiger partial charge in [-0.15, -0.1) is 0 Å². The van der Waals surface area contributed by atoms with E-state index in [1.165, 1.54) is 0 Å². The molecule has 0 saturated heterocycles. The lowest BCUT2D eigenvalue weighted by Gasteiger charge is -2.44. The lowest BCUT2D eigenvalue weighted by molar-refractivity contribution is 0.590. The average Bonchev–Trinajstić information content (AvgIpc) is 1.11. The molecular formula is C97H68N2O. The van der Waals surface area contributed by atoms with E-state index in [0.29, 0.717) is 33.5 Å². The molecule has 0 radical (unpaired) electrons. The second-order valence-corrected chi connectivity index (χ2v) is 27.3. The quantitative estimate of drug-likeness (QED) is 0.141. The van der Waals surface area contributed by atoms with Crippen molar-refractivity contribution in [3.8, 4) is 67.0 Å². The number of hydrogen-bond acceptors (Lipinski definition) is 1. The van der Waals surface area contributed by atoms with E-state index in [4.69, 9.17) is 7.16 Å². The van der Waals surface area contributed by atoms with Crippen LogP contribution >= 0.6 is 0 Å². The molecule has 3 atom stereocenters. The minimum absolute atomic E-state index is 0.0753. The van der Waals surface area contributed by atoms with Gasteiger partial charge in [-0.25, -0.2) is 0 Å². The first-order chi connectivity index (χ1) is 55.9. The van der Waals surface area contributed by atoms with Crippen molar-refractivity contribution in [2.45, 2.75) is 43.9 Å². The molecule has 100 heavy (non-hydrogen) atoms. The summed E-state index contributed by atoms with van der Waals surface area (Å²) in [5.74, 6) is -2.54. The van der Waals surface area contributed by atoms with Crippen LogP contribution in [0.15, 0.2) is 344 Å². The average molecular weight is 1290 g/mol. The zero-order valence-electron chi connectivity index (χ0n) is 70.6. The molecular weight excluding hydrogens is 1210 g/mol. The number of benzene rings is 15. The highest BCUT2D eigenvalue weighted by molar-refractivity contribution is 6.14. The molecule has 15 aromatic carbocycles. The summed E-state index contributed by atoms with van der Waals surface area (Å²) >= 11 is 0. The Bertz CT molecular complexity index is 7100. The molecule has 3 aromatic heterocycles. The molecule has 18 aromatic rings. The summed E-state index contributed by atoms with van der Waals surface area (Å²) in [6.07, 6.45) is 0. The van der Waals surface area contributed by atoms with E-state index in [-0.39, 0.29) is 54.7 Å². The van der Waals surface area contributed by atoms with Crippen LogP contribution in [0.4, 0.5) is 0 Å². The molecule has 3 unspecified atom stereocenters. The fourth-order valence-corrected chi connectivity index (χ4v) is 16.6. The van der Waals surface area contributed by atoms with Crippen LogP contribution in [0, 0.1) is 0 Å². The lowest BCUT2D eigenvalue weighted by atomic mass is 9.59. The van der Waals surface area contributed by atoms with Crippen molar-refractivity contribution in [3.05, 3.63) is 395 Å². The summed E-state index contributed by atoms with van der Waals surface area (Å²) in [4.78, 5) is 0. The maximum atomic E-state index is 10.2. The molecule has 0 bridgehead atoms. The van der Waals surface area contributed by atoms with Gasteiger partial charge in [-0.05, 0) is 178 Å². The van der Waals surface area contributed by atoms with E-state index in [0.717, 1.165) is 105 Å². The van der Waals surface area contributed by atoms with Crippen LogP contribution in [0.1, 0.15) is 116 Å². The van der Waals surface area contributed by atoms with Crippen molar-refractivity contribution >= 4 is 65.6 Å². The Labute approximate surface area is 604 Å². The highest BCUT2D eigenvalue weighted by Gasteiger charge is 2.46. The topological polar surface area (TPSA) is 23.0 Å². The van der Waals surface area contributed by atoms with E-state index >= 15 is 0 Å². The van der Waals surface area contributed by atoms with Crippen LogP contribution in [-0.4, -0.2) is 9.13 Å². The van der Waals surface area contributed by atoms with E-state index in [1.807, 2.05) is 115 Å². The summed E-state index contributed by atoms with van der Waals surface area (Å²) in [5, 5.41) is 1.27. The maximum absolute atomic E-state index is 10.2. The molecule has 3 nitrogen and oxygen atoms in total. The highest BCUT2D eigenvalue weighted by atomic mass is 16.3. The predicted octanol–water partition coefficient (Wildman–Crippen LogP) is 25.6. The van der Waals surface area contributed by atoms with Crippen molar-refractivity contribution < 1.29 is 26.3 Å². The van der Waals surface area contributed by atoms with Gasteiger partial charge >= 0.3 is 0 Å². The maximum Gasteiger partial charge on any atom is 0.143 e. The third kappa shape index (κ3) is 8.91. The number of nitrogens with zero attached hydrogens (tertiary/aromatic N) is 2. The smallest absolute Gasteiger partial charge is 0.143 e. The number of rotatable bonds is 9. The number of furan rings is 1. The lowest BCUT2D eigenvalue weighted by Crippen LogP contribution is -2.29. The zero-order chi connectivity index (χ0) is 80.2. The summed E-state index contributed by atoms with van der Waals surface area (Å²) in [6.45, 7) is 6.57. The molecule has 0 fully saturated rings. The van der Waals surface area contributed by atoms with Gasteiger partial charge in [0.1, 0.15) is 11.2 Å². The van der Waals surface area contributed by atoms with Crippen LogP contribution in [0.3, 0.4) is 0 Å². The second kappa shape index (κ2) is 22.6. The third-order valence-electron chi connectivity index (χ3n) is 20.9. The standard InChI is InChI=1S/C97H68N2O/c1-97(2,3)66-50-47-60(48-51-66)65-49-53-76-79(55-65)91-77-54-52-67(98-84-42-21-16-35-71(84)72-36-17-22-43-85(72)98)56-80(77)93(95-78(63-31-12-6-13-32-63)59-81-75-39-20-25-46-88(75)100-96(81)89(95)64-33-14-7-15-34-64)83-58-68(99-86-44-23-18-37-73(86)74-38-19-24-45-87(74)99)57-82(94(83)91)92(76)90-69(61-27-8-4-9-28-61)40-26-41-70(90)62-29-10-5-11-30-62/h4-59,91-93H,1-3H3/i16D,17D,18D,19D,21D,22D,23D,24D,35D,36D,37D,38D,42D,43D,44D,45D. The van der Waals surface area contributed by atoms with Crippen LogP contribution in [-0.2, 0) is 5.41 Å². The Kier molecular flexibility index (Phi) is 9.91. The van der Waals surface area contributed by atoms with Gasteiger partial charge in [0.25, 0.3) is 0 Å². The van der Waals surface area contributed by atoms with Gasteiger partial charge in [-0.3, -0.25) is 0 Å². The molecule has 0 amide bonds. The van der Waals surface area contributed by atoms with E-state index in [1.54, 1.807) is 9.13 Å². The molecule has 3 heterocycles. The third-order valence-corrected chi connectivity index (χ3v) is 20.9. The van der Waals surface area contributed by atoms with E-state index in [2.05, 4.69) is 148 Å². The fourth-order valence-electron chi connectivity index (χ4n) is 16.6. The molecule has 0 N–H and O–H groups in total. The second-order valence-electron chi connectivity index (χ2n) is 27.3. The Balaban J connectivity index is 1.05. The van der Waals surface area contributed by atoms with E-state index in [9.17, 15) is 19.2 Å². The summed E-state index contributed by atoms with van der Waals surface area (Å²) in [5.41, 5.74) is 18.2. The summed E-state index contributed by atoms with van der Waals surface area (Å²) in [7, 11) is 0. The molecule has 2 aliphatic carbocycles. The first-order valence-corrected chi connectivity index (χ1v) is 33.8. The van der Waals surface area contributed by atoms with Gasteiger partial charge in [0.05, 0.1) is 44.0 Å². The van der Waals surface area contributed by atoms with Crippen molar-refractivity contribution in [1.82, 2.24) is 9.13 Å². The number of fused-ring (bicyclic) bond motifs is 13. The van der Waals surface area contributed by atoms with Gasteiger partial charge in [0, 0.05) is 67.0 Å². The largest absolute Gasteiger partial charge is 0.455 e. The van der Waals surface area contributed by atoms with Crippen molar-refractivity contribution in [2.75, 3.05) is 0 Å². The monoisotopic (exact) mass is 1290 g/mol. The molecule has 0 saturated carbocycles. The van der Waals surface area contributed by atoms with E-state index < -0.39 is 114 Å². The van der Waals surface area contributed by atoms with Gasteiger partial charge in [0.2, 0.25) is 0 Å². The predicted molar refractivity (Wildman–Crippen MR) is 417 cm³/mol. The van der Waals surface area contributed by atoms with Gasteiger partial charge in [-0.2, -0.15) is 0 Å². The molecule has 20 rings (SSSR count). The minimum atomic E-state index is -1.04. The Morgan fingerprint density at radius 3 is 1.27 bits per heavy atom. The van der Waals surface area contributed by atoms with Gasteiger partial charge in [-0.1, -0.05) is 293 Å². The number of hydrogen-bond donors (Lipinski definition) is 0. The summed E-state index contributed by atoms with van der Waals surface area (Å²) in [6, 6.07) is 74.0. The van der Waals surface area contributed by atoms with Crippen molar-refractivity contribution in [1.29, 1.82) is 0 Å². The van der Waals surface area contributed by atoms with Crippen LogP contribution in [0.2, 0.25) is 0 Å². The highest BCUT2D eigenvalue weighted by Crippen LogP contribution is 2.62. The summed E-state index contributed by atoms with van der Waals surface area (Å²) < 4.78 is 165. The first kappa shape index (κ1) is 43.8. The van der Waals surface area contributed by atoms with Crippen LogP contribution in [0.25, 0.3) is 133 Å². The first-order valence-electron chi connectivity index (χ1n) is 41.8. The Morgan fingerprint density at radius 1 is 0.300 bits per heavy atom. The van der Waals surface area contributed by atoms with Crippen LogP contribution in [0.5, 0.6) is 0 Å². The number of para-hydroxylation sites is 5. The molecule has 0 spiro atoms. The van der Waals surface area contributed by atoms with Gasteiger partial charge < -0.3 is 13.6 Å². The number of aromatic nitrogens is 2. The zero-order valence-corrected chi connectivity index (χ0v) is 54.6. The SMILES string of the molecule is [2H]c1c([2H])c([2H])c2c(c1[2H])c1c([2H])c([2H])c([2H])c([2H])c1n2-c1ccc2c(c1)C(c1c(-c3ccccc3)cc3c(oc4ccccc43)c1-c1ccccc1)c1cc(-n3c4c([2H])c([2H])c([2H])c([2H])c4c4c([2H])c([2H])c([2H])c([2H])c43)cc3c1C2c1cc(-c2ccc(C(C)(C)C)cc2)ccc1C3c1c(-c2ccccc2)cccc1-c1ccccc1. The molecule has 0 aliphatic heterocycles. The van der Waals surface area contributed by atoms with Crippen LogP contribution < -0.4 is 0 Å². The molecule has 2 aliphatic rings. The van der Waals surface area contributed by atoms with Crippen molar-refractivity contribution in [3.63, 3.8) is 0 Å². The van der Waals surface area contributed by atoms with Gasteiger partial charge in [0.15, 0.2) is 0 Å². The Hall–Kier alpha value is -12.3. The fraction of sp³-hybridized carbons (Fsp3) is 0.0722. The van der Waals surface area contributed by atoms with Crippen molar-refractivity contribution in [2.24, 2.45) is 0 Å². The minimum Gasteiger partial charge on any atom is -0.455 e. The molecule has 472 valence electrons. The Morgan fingerprint density at radius 2 is 0.730 bits per heavy atom. The molecule has 3 heteroatoms. The normalized spacial score (nSPS) is 17.1.